The molecule has 1 aliphatic heterocycles. The van der Waals surface area contributed by atoms with Crippen molar-refractivity contribution >= 4 is 5.82 Å². The summed E-state index contributed by atoms with van der Waals surface area (Å²) in [4.78, 5) is 8.08. The van der Waals surface area contributed by atoms with Crippen LogP contribution in [-0.4, -0.2) is 49.2 Å². The second-order valence-electron chi connectivity index (χ2n) is 4.72. The van der Waals surface area contributed by atoms with Gasteiger partial charge in [-0.3, -0.25) is 4.90 Å². The molecule has 1 aromatic heterocycles. The van der Waals surface area contributed by atoms with Gasteiger partial charge in [-0.15, -0.1) is 0 Å². The lowest BCUT2D eigenvalue weighted by atomic mass is 10.2. The van der Waals surface area contributed by atoms with Gasteiger partial charge in [0.15, 0.2) is 0 Å². The van der Waals surface area contributed by atoms with Crippen molar-refractivity contribution in [1.82, 2.24) is 9.88 Å². The Labute approximate surface area is 121 Å². The Hall–Kier alpha value is -1.78. The maximum Gasteiger partial charge on any atom is 0.417 e. The van der Waals surface area contributed by atoms with Crippen LogP contribution in [0.1, 0.15) is 5.56 Å². The summed E-state index contributed by atoms with van der Waals surface area (Å²) in [7, 11) is 0. The van der Waals surface area contributed by atoms with Crippen LogP contribution in [0, 0.1) is 11.8 Å². The highest BCUT2D eigenvalue weighted by molar-refractivity contribution is 5.40. The number of nitrogens with two attached hydrogens (primary N) is 1. The van der Waals surface area contributed by atoms with E-state index in [9.17, 15) is 13.2 Å². The Bertz CT molecular complexity index is 508. The minimum atomic E-state index is -4.34. The summed E-state index contributed by atoms with van der Waals surface area (Å²) >= 11 is 0. The first-order valence-electron chi connectivity index (χ1n) is 6.67. The van der Waals surface area contributed by atoms with Crippen molar-refractivity contribution in [2.45, 2.75) is 6.18 Å². The summed E-state index contributed by atoms with van der Waals surface area (Å²) in [6, 6.07) is 2.49. The van der Waals surface area contributed by atoms with Gasteiger partial charge < -0.3 is 10.6 Å². The standard InChI is InChI=1S/C14H17F3N4/c15-14(16,17)12-3-4-13(19-11-12)21-9-7-20(8-10-21)6-2-1-5-18/h3-4,11H,5-10,18H2. The molecule has 1 aromatic rings. The van der Waals surface area contributed by atoms with E-state index < -0.39 is 11.7 Å². The summed E-state index contributed by atoms with van der Waals surface area (Å²) in [5.41, 5.74) is 4.58. The molecule has 0 aliphatic carbocycles. The molecule has 2 rings (SSSR count). The summed E-state index contributed by atoms with van der Waals surface area (Å²) in [5, 5.41) is 0. The molecule has 0 radical (unpaired) electrons. The largest absolute Gasteiger partial charge is 0.417 e. The van der Waals surface area contributed by atoms with E-state index in [0.717, 1.165) is 38.4 Å². The van der Waals surface area contributed by atoms with Crippen molar-refractivity contribution in [3.8, 4) is 11.8 Å². The highest BCUT2D eigenvalue weighted by Gasteiger charge is 2.31. The van der Waals surface area contributed by atoms with Crippen LogP contribution in [0.4, 0.5) is 19.0 Å². The lowest BCUT2D eigenvalue weighted by molar-refractivity contribution is -0.137. The van der Waals surface area contributed by atoms with E-state index in [1.807, 2.05) is 4.90 Å². The van der Waals surface area contributed by atoms with Crippen molar-refractivity contribution in [3.05, 3.63) is 23.9 Å². The number of rotatable bonds is 2. The van der Waals surface area contributed by atoms with E-state index >= 15 is 0 Å². The summed E-state index contributed by atoms with van der Waals surface area (Å²) in [6.07, 6.45) is -3.46. The third-order valence-corrected chi connectivity index (χ3v) is 3.30. The molecule has 0 unspecified atom stereocenters. The first-order valence-corrected chi connectivity index (χ1v) is 6.67. The highest BCUT2D eigenvalue weighted by Crippen LogP contribution is 2.29. The molecule has 0 aromatic carbocycles. The van der Waals surface area contributed by atoms with Gasteiger partial charge in [-0.2, -0.15) is 13.2 Å². The average Bonchev–Trinajstić information content (AvgIpc) is 2.48. The van der Waals surface area contributed by atoms with Crippen LogP contribution in [0.25, 0.3) is 0 Å². The Morgan fingerprint density at radius 2 is 1.86 bits per heavy atom. The van der Waals surface area contributed by atoms with Crippen molar-refractivity contribution < 1.29 is 13.2 Å². The SMILES string of the molecule is NCC#CCN1CCN(c2ccc(C(F)(F)F)cn2)CC1. The third kappa shape index (κ3) is 4.34. The zero-order valence-corrected chi connectivity index (χ0v) is 11.5. The molecule has 4 nitrogen and oxygen atoms in total. The molecule has 1 aliphatic rings. The number of hydrogen-bond acceptors (Lipinski definition) is 4. The van der Waals surface area contributed by atoms with E-state index in [4.69, 9.17) is 5.73 Å². The van der Waals surface area contributed by atoms with Gasteiger partial charge in [-0.05, 0) is 12.1 Å². The molecule has 21 heavy (non-hydrogen) atoms. The fraction of sp³-hybridized carbons (Fsp3) is 0.500. The molecule has 0 saturated carbocycles. The van der Waals surface area contributed by atoms with Gasteiger partial charge in [-0.1, -0.05) is 11.8 Å². The minimum Gasteiger partial charge on any atom is -0.354 e. The maximum absolute atomic E-state index is 12.5. The topological polar surface area (TPSA) is 45.4 Å². The van der Waals surface area contributed by atoms with Crippen LogP contribution >= 0.6 is 0 Å². The number of nitrogens with zero attached hydrogens (tertiary/aromatic N) is 3. The first kappa shape index (κ1) is 15.6. The van der Waals surface area contributed by atoms with Gasteiger partial charge in [0, 0.05) is 32.4 Å². The second-order valence-corrected chi connectivity index (χ2v) is 4.72. The molecule has 0 spiro atoms. The average molecular weight is 298 g/mol. The molecule has 0 amide bonds. The van der Waals surface area contributed by atoms with Crippen molar-refractivity contribution in [3.63, 3.8) is 0 Å². The van der Waals surface area contributed by atoms with Gasteiger partial charge in [0.05, 0.1) is 18.7 Å². The van der Waals surface area contributed by atoms with Crippen LogP contribution in [0.3, 0.4) is 0 Å². The quantitative estimate of drug-likeness (QED) is 0.833. The maximum atomic E-state index is 12.5. The Morgan fingerprint density at radius 1 is 1.14 bits per heavy atom. The molecule has 2 heterocycles. The summed E-state index contributed by atoms with van der Waals surface area (Å²) in [5.74, 6) is 6.37. The molecule has 1 fully saturated rings. The van der Waals surface area contributed by atoms with Crippen LogP contribution in [0.5, 0.6) is 0 Å². The van der Waals surface area contributed by atoms with Crippen molar-refractivity contribution in [2.24, 2.45) is 5.73 Å². The fourth-order valence-electron chi connectivity index (χ4n) is 2.12. The van der Waals surface area contributed by atoms with Crippen LogP contribution in [-0.2, 0) is 6.18 Å². The first-order chi connectivity index (χ1) is 10.0. The van der Waals surface area contributed by atoms with Crippen LogP contribution in [0.15, 0.2) is 18.3 Å². The van der Waals surface area contributed by atoms with E-state index in [-0.39, 0.29) is 0 Å². The van der Waals surface area contributed by atoms with E-state index in [1.165, 1.54) is 6.07 Å². The predicted octanol–water partition coefficient (Wildman–Crippen LogP) is 1.18. The number of piperazine rings is 1. The summed E-state index contributed by atoms with van der Waals surface area (Å²) < 4.78 is 37.4. The number of pyridine rings is 1. The number of anilines is 1. The molecule has 2 N–H and O–H groups in total. The van der Waals surface area contributed by atoms with Crippen LogP contribution in [0.2, 0.25) is 0 Å². The highest BCUT2D eigenvalue weighted by atomic mass is 19.4. The second kappa shape index (κ2) is 6.78. The number of aromatic nitrogens is 1. The summed E-state index contributed by atoms with van der Waals surface area (Å²) in [6.45, 7) is 4.09. The monoisotopic (exact) mass is 298 g/mol. The van der Waals surface area contributed by atoms with Gasteiger partial charge in [0.1, 0.15) is 5.82 Å². The molecule has 0 atom stereocenters. The smallest absolute Gasteiger partial charge is 0.354 e. The molecule has 0 bridgehead atoms. The zero-order valence-electron chi connectivity index (χ0n) is 11.5. The van der Waals surface area contributed by atoms with Gasteiger partial charge in [0.2, 0.25) is 0 Å². The van der Waals surface area contributed by atoms with E-state index in [1.54, 1.807) is 0 Å². The van der Waals surface area contributed by atoms with Crippen molar-refractivity contribution in [1.29, 1.82) is 0 Å². The lowest BCUT2D eigenvalue weighted by Gasteiger charge is -2.34. The lowest BCUT2D eigenvalue weighted by Crippen LogP contribution is -2.46. The van der Waals surface area contributed by atoms with Gasteiger partial charge >= 0.3 is 6.18 Å². The molecular weight excluding hydrogens is 281 g/mol. The van der Waals surface area contributed by atoms with Gasteiger partial charge in [0.25, 0.3) is 0 Å². The van der Waals surface area contributed by atoms with E-state index in [2.05, 4.69) is 21.7 Å². The number of alkyl halides is 3. The normalized spacial score (nSPS) is 16.5. The third-order valence-electron chi connectivity index (χ3n) is 3.30. The fourth-order valence-corrected chi connectivity index (χ4v) is 2.12. The van der Waals surface area contributed by atoms with E-state index in [0.29, 0.717) is 18.9 Å². The predicted molar refractivity (Wildman–Crippen MR) is 74.7 cm³/mol. The van der Waals surface area contributed by atoms with Gasteiger partial charge in [-0.25, -0.2) is 4.98 Å². The molecule has 114 valence electrons. The Morgan fingerprint density at radius 3 is 2.38 bits per heavy atom. The molecule has 1 saturated heterocycles. The zero-order chi connectivity index (χ0) is 15.3. The van der Waals surface area contributed by atoms with Crippen molar-refractivity contribution in [2.75, 3.05) is 44.2 Å². The Balaban J connectivity index is 1.90. The number of halogens is 3. The minimum absolute atomic E-state index is 0.357. The molecular formula is C14H17F3N4. The molecule has 7 heteroatoms. The Kier molecular flexibility index (Phi) is 5.04. The van der Waals surface area contributed by atoms with Crippen LogP contribution < -0.4 is 10.6 Å². The number of hydrogen-bond donors (Lipinski definition) is 1.